The predicted molar refractivity (Wildman–Crippen MR) is 361 cm³/mol. The molecule has 3 aliphatic rings. The maximum Gasteiger partial charge on any atom is 0.252 e. The molecular formula is C81H73BN2. The van der Waals surface area contributed by atoms with E-state index >= 15 is 0 Å². The van der Waals surface area contributed by atoms with E-state index in [2.05, 4.69) is 329 Å². The summed E-state index contributed by atoms with van der Waals surface area (Å²) in [5.41, 5.74) is 31.8. The summed E-state index contributed by atoms with van der Waals surface area (Å²) in [4.78, 5) is 5.34. The smallest absolute Gasteiger partial charge is 0.252 e. The third-order valence-electron chi connectivity index (χ3n) is 18.5. The lowest BCUT2D eigenvalue weighted by atomic mass is 9.33. The van der Waals surface area contributed by atoms with Crippen molar-refractivity contribution in [2.45, 2.75) is 97.8 Å². The van der Waals surface area contributed by atoms with Gasteiger partial charge in [-0.25, -0.2) is 0 Å². The van der Waals surface area contributed by atoms with Crippen molar-refractivity contribution in [1.29, 1.82) is 0 Å². The molecule has 0 fully saturated rings. The second-order valence-electron chi connectivity index (χ2n) is 27.3. The van der Waals surface area contributed by atoms with Crippen molar-refractivity contribution in [2.24, 2.45) is 0 Å². The van der Waals surface area contributed by atoms with Crippen LogP contribution in [0.4, 0.5) is 34.1 Å². The summed E-state index contributed by atoms with van der Waals surface area (Å²) >= 11 is 0. The average Bonchev–Trinajstić information content (AvgIpc) is 0.770. The number of nitrogens with zero attached hydrogens (tertiary/aromatic N) is 2. The van der Waals surface area contributed by atoms with Crippen molar-refractivity contribution in [3.63, 3.8) is 0 Å². The molecule has 11 aromatic carbocycles. The van der Waals surface area contributed by atoms with E-state index in [-0.39, 0.29) is 28.4 Å². The molecule has 14 rings (SSSR count). The van der Waals surface area contributed by atoms with Gasteiger partial charge in [0.2, 0.25) is 0 Å². The van der Waals surface area contributed by atoms with Crippen LogP contribution in [0.3, 0.4) is 0 Å². The number of hydrogen-bond acceptors (Lipinski definition) is 2. The third-order valence-corrected chi connectivity index (χ3v) is 18.5. The largest absolute Gasteiger partial charge is 0.311 e. The average molecular weight is 1090 g/mol. The standard InChI is InChI=1S/C81H73BN2/c1-78(2,3)58-32-22-30-54(46-58)63-37-25-38-64(55-31-23-33-59(47-55)79(4,5)6)77(63)84-71-45-42-56(62-36-24-39-66-65-35-18-20-40-67(65)81(10,11)75(62)66)48-69(71)82-68-44-43-60(80(7,8)9)51-72(68)83(70-41-21-19-34-61(70)53-28-16-13-17-29-53)73-49-57(50-74(84)76(73)82)52-26-14-12-15-27-52/h12-51H,1-11H3. The van der Waals surface area contributed by atoms with E-state index in [0.29, 0.717) is 0 Å². The molecule has 0 aromatic heterocycles. The molecule has 0 atom stereocenters. The summed E-state index contributed by atoms with van der Waals surface area (Å²) in [5, 5.41) is 0. The van der Waals surface area contributed by atoms with E-state index in [4.69, 9.17) is 0 Å². The van der Waals surface area contributed by atoms with Gasteiger partial charge in [0.05, 0.1) is 11.4 Å². The van der Waals surface area contributed by atoms with E-state index in [1.807, 2.05) is 0 Å². The molecular weight excluding hydrogens is 1010 g/mol. The van der Waals surface area contributed by atoms with Gasteiger partial charge in [0.15, 0.2) is 0 Å². The monoisotopic (exact) mass is 1080 g/mol. The van der Waals surface area contributed by atoms with Gasteiger partial charge < -0.3 is 9.80 Å². The Bertz CT molecular complexity index is 4330. The van der Waals surface area contributed by atoms with Crippen LogP contribution in [0.5, 0.6) is 0 Å². The molecule has 84 heavy (non-hydrogen) atoms. The normalized spacial score (nSPS) is 13.9. The molecule has 2 aliphatic heterocycles. The number of anilines is 6. The van der Waals surface area contributed by atoms with E-state index in [0.717, 1.165) is 16.9 Å². The van der Waals surface area contributed by atoms with Gasteiger partial charge in [-0.3, -0.25) is 0 Å². The molecule has 0 radical (unpaired) electrons. The summed E-state index contributed by atoms with van der Waals surface area (Å²) in [5.74, 6) is 0. The summed E-state index contributed by atoms with van der Waals surface area (Å²) in [6, 6.07) is 92.8. The number of rotatable bonds is 7. The van der Waals surface area contributed by atoms with E-state index in [1.165, 1.54) is 128 Å². The maximum atomic E-state index is 2.70. The van der Waals surface area contributed by atoms with Crippen LogP contribution in [0, 0.1) is 0 Å². The Morgan fingerprint density at radius 2 is 0.786 bits per heavy atom. The molecule has 1 aliphatic carbocycles. The molecule has 0 bridgehead atoms. The molecule has 0 amide bonds. The van der Waals surface area contributed by atoms with Gasteiger partial charge in [-0.05, 0) is 141 Å². The van der Waals surface area contributed by atoms with Crippen molar-refractivity contribution >= 4 is 57.2 Å². The summed E-state index contributed by atoms with van der Waals surface area (Å²) in [6.07, 6.45) is 0. The SMILES string of the molecule is CC(C)(C)c1cccc(-c2cccc(-c3cccc(C(C)(C)C)c3)c2N2c3ccc(-c4cccc5c4C(C)(C)c4ccccc4-5)cc3B3c4ccc(C(C)(C)C)cc4N(c4ccccc4-c4ccccc4)c4cc(-c5ccccc5)cc2c43)c1. The Kier molecular flexibility index (Phi) is 12.4. The van der Waals surface area contributed by atoms with Crippen LogP contribution in [-0.2, 0) is 21.7 Å². The first kappa shape index (κ1) is 53.1. The second kappa shape index (κ2) is 19.6. The van der Waals surface area contributed by atoms with Crippen LogP contribution in [0.1, 0.15) is 104 Å². The van der Waals surface area contributed by atoms with E-state index in [9.17, 15) is 0 Å². The lowest BCUT2D eigenvalue weighted by Gasteiger charge is -2.46. The zero-order valence-electron chi connectivity index (χ0n) is 50.6. The van der Waals surface area contributed by atoms with Gasteiger partial charge in [-0.15, -0.1) is 0 Å². The quantitative estimate of drug-likeness (QED) is 0.147. The summed E-state index contributed by atoms with van der Waals surface area (Å²) in [6.45, 7) is 25.7. The lowest BCUT2D eigenvalue weighted by Crippen LogP contribution is -2.61. The minimum absolute atomic E-state index is 0.0629. The molecule has 0 spiro atoms. The highest BCUT2D eigenvalue weighted by Crippen LogP contribution is 2.55. The predicted octanol–water partition coefficient (Wildman–Crippen LogP) is 20.3. The van der Waals surface area contributed by atoms with Gasteiger partial charge in [0.25, 0.3) is 6.71 Å². The number of para-hydroxylation sites is 2. The van der Waals surface area contributed by atoms with Crippen molar-refractivity contribution in [3.05, 3.63) is 270 Å². The highest BCUT2D eigenvalue weighted by molar-refractivity contribution is 7.00. The molecule has 3 heteroatoms. The Morgan fingerprint density at radius 1 is 0.298 bits per heavy atom. The number of benzene rings is 11. The first-order chi connectivity index (χ1) is 40.3. The summed E-state index contributed by atoms with van der Waals surface area (Å²) < 4.78 is 0. The minimum atomic E-state index is -0.206. The van der Waals surface area contributed by atoms with Gasteiger partial charge >= 0.3 is 0 Å². The van der Waals surface area contributed by atoms with Crippen LogP contribution >= 0.6 is 0 Å². The first-order valence-electron chi connectivity index (χ1n) is 30.2. The topological polar surface area (TPSA) is 6.48 Å². The Morgan fingerprint density at radius 3 is 1.42 bits per heavy atom. The Labute approximate surface area is 499 Å². The van der Waals surface area contributed by atoms with Crippen LogP contribution in [-0.4, -0.2) is 6.71 Å². The fourth-order valence-electron chi connectivity index (χ4n) is 14.1. The van der Waals surface area contributed by atoms with Gasteiger partial charge in [-0.2, -0.15) is 0 Å². The highest BCUT2D eigenvalue weighted by atomic mass is 15.2. The first-order valence-corrected chi connectivity index (χ1v) is 30.2. The molecule has 0 saturated heterocycles. The molecule has 0 saturated carbocycles. The molecule has 11 aromatic rings. The van der Waals surface area contributed by atoms with Crippen molar-refractivity contribution in [3.8, 4) is 66.8 Å². The number of hydrogen-bond donors (Lipinski definition) is 0. The maximum absolute atomic E-state index is 2.70. The van der Waals surface area contributed by atoms with Crippen molar-refractivity contribution < 1.29 is 0 Å². The van der Waals surface area contributed by atoms with Crippen LogP contribution in [0.15, 0.2) is 243 Å². The van der Waals surface area contributed by atoms with Crippen LogP contribution < -0.4 is 26.2 Å². The van der Waals surface area contributed by atoms with Crippen molar-refractivity contribution in [1.82, 2.24) is 0 Å². The van der Waals surface area contributed by atoms with Gasteiger partial charge in [-0.1, -0.05) is 288 Å². The second-order valence-corrected chi connectivity index (χ2v) is 27.3. The fourth-order valence-corrected chi connectivity index (χ4v) is 14.1. The van der Waals surface area contributed by atoms with Gasteiger partial charge in [0, 0.05) is 44.9 Å². The molecule has 0 N–H and O–H groups in total. The van der Waals surface area contributed by atoms with Gasteiger partial charge in [0.1, 0.15) is 0 Å². The van der Waals surface area contributed by atoms with Crippen LogP contribution in [0.2, 0.25) is 0 Å². The highest BCUT2D eigenvalue weighted by Gasteiger charge is 2.46. The number of fused-ring (bicyclic) bond motifs is 7. The lowest BCUT2D eigenvalue weighted by molar-refractivity contribution is 0.590. The van der Waals surface area contributed by atoms with Crippen molar-refractivity contribution in [2.75, 3.05) is 9.80 Å². The molecule has 2 heterocycles. The minimum Gasteiger partial charge on any atom is -0.311 e. The zero-order valence-corrected chi connectivity index (χ0v) is 50.6. The van der Waals surface area contributed by atoms with E-state index in [1.54, 1.807) is 0 Å². The van der Waals surface area contributed by atoms with Crippen LogP contribution in [0.25, 0.3) is 66.8 Å². The molecule has 410 valence electrons. The zero-order chi connectivity index (χ0) is 58.0. The summed E-state index contributed by atoms with van der Waals surface area (Å²) in [7, 11) is 0. The fraction of sp³-hybridized carbons (Fsp3) is 0.185. The third kappa shape index (κ3) is 8.69. The molecule has 0 unspecified atom stereocenters. The Balaban J connectivity index is 1.15. The Hall–Kier alpha value is -8.92. The van der Waals surface area contributed by atoms with E-state index < -0.39 is 0 Å². The molecule has 2 nitrogen and oxygen atoms in total.